The summed E-state index contributed by atoms with van der Waals surface area (Å²) >= 11 is 0. The fourth-order valence-corrected chi connectivity index (χ4v) is 4.21. The van der Waals surface area contributed by atoms with Crippen LogP contribution in [0.2, 0.25) is 0 Å². The van der Waals surface area contributed by atoms with Crippen molar-refractivity contribution in [2.45, 2.75) is 103 Å². The first-order chi connectivity index (χ1) is 14.7. The van der Waals surface area contributed by atoms with Crippen molar-refractivity contribution in [3.05, 3.63) is 35.9 Å². The number of ether oxygens (including phenoxy) is 1. The van der Waals surface area contributed by atoms with Crippen LogP contribution in [0.5, 0.6) is 0 Å². The van der Waals surface area contributed by atoms with E-state index in [9.17, 15) is 9.59 Å². The lowest BCUT2D eigenvalue weighted by molar-refractivity contribution is -0.153. The summed E-state index contributed by atoms with van der Waals surface area (Å²) in [6, 6.07) is 9.65. The third kappa shape index (κ3) is 9.32. The highest BCUT2D eigenvalue weighted by molar-refractivity contribution is 5.85. The van der Waals surface area contributed by atoms with Gasteiger partial charge < -0.3 is 9.64 Å². The molecular weight excluding hydrogens is 374 g/mol. The number of benzene rings is 1. The Morgan fingerprint density at radius 1 is 0.933 bits per heavy atom. The van der Waals surface area contributed by atoms with Crippen molar-refractivity contribution in [3.63, 3.8) is 0 Å². The molecule has 0 N–H and O–H groups in total. The normalized spacial score (nSPS) is 16.0. The largest absolute Gasteiger partial charge is 0.464 e. The molecule has 0 spiro atoms. The van der Waals surface area contributed by atoms with Gasteiger partial charge in [0.15, 0.2) is 0 Å². The van der Waals surface area contributed by atoms with Crippen molar-refractivity contribution >= 4 is 11.9 Å². The van der Waals surface area contributed by atoms with E-state index in [-0.39, 0.29) is 17.9 Å². The zero-order valence-electron chi connectivity index (χ0n) is 18.9. The number of esters is 1. The van der Waals surface area contributed by atoms with Crippen LogP contribution in [0.15, 0.2) is 30.3 Å². The molecule has 2 rings (SSSR count). The highest BCUT2D eigenvalue weighted by Crippen LogP contribution is 2.20. The zero-order valence-corrected chi connectivity index (χ0v) is 18.9. The quantitative estimate of drug-likeness (QED) is 0.258. The molecule has 4 heteroatoms. The van der Waals surface area contributed by atoms with E-state index in [1.165, 1.54) is 51.4 Å². The maximum absolute atomic E-state index is 12.6. The van der Waals surface area contributed by atoms with Crippen LogP contribution in [0.3, 0.4) is 0 Å². The molecule has 1 unspecified atom stereocenters. The Labute approximate surface area is 183 Å². The van der Waals surface area contributed by atoms with E-state index >= 15 is 0 Å². The smallest absolute Gasteiger partial charge is 0.328 e. The maximum Gasteiger partial charge on any atom is 0.328 e. The predicted molar refractivity (Wildman–Crippen MR) is 122 cm³/mol. The molecule has 1 aliphatic rings. The van der Waals surface area contributed by atoms with Gasteiger partial charge in [0.05, 0.1) is 6.61 Å². The average Bonchev–Trinajstić information content (AvgIpc) is 3.26. The number of nitrogens with zero attached hydrogens (tertiary/aromatic N) is 1. The third-order valence-corrected chi connectivity index (χ3v) is 6.06. The van der Waals surface area contributed by atoms with Gasteiger partial charge in [0.1, 0.15) is 6.04 Å². The maximum atomic E-state index is 12.6. The highest BCUT2D eigenvalue weighted by Gasteiger charge is 2.34. The van der Waals surface area contributed by atoms with Crippen molar-refractivity contribution in [3.8, 4) is 0 Å². The first-order valence-corrected chi connectivity index (χ1v) is 12.2. The lowest BCUT2D eigenvalue weighted by atomic mass is 10.1. The Balaban J connectivity index is 1.55. The number of likely N-dealkylation sites (tertiary alicyclic amines) is 1. The van der Waals surface area contributed by atoms with Gasteiger partial charge in [-0.05, 0) is 31.2 Å². The van der Waals surface area contributed by atoms with Crippen LogP contribution < -0.4 is 0 Å². The molecule has 0 radical (unpaired) electrons. The standard InChI is InChI=1S/C26H41NO3/c1-2-3-4-5-6-7-8-9-10-14-22-30-26(29)24-18-15-21-27(24)25(28)20-19-23-16-12-11-13-17-23/h11-13,16-17,24H,2-10,14-15,18-22H2,1H3. The Kier molecular flexibility index (Phi) is 12.2. The van der Waals surface area contributed by atoms with Crippen molar-refractivity contribution in [2.24, 2.45) is 0 Å². The van der Waals surface area contributed by atoms with E-state index < -0.39 is 0 Å². The molecule has 0 saturated carbocycles. The van der Waals surface area contributed by atoms with Gasteiger partial charge in [-0.1, -0.05) is 95.0 Å². The lowest BCUT2D eigenvalue weighted by Crippen LogP contribution is -2.41. The van der Waals surface area contributed by atoms with Gasteiger partial charge in [0, 0.05) is 13.0 Å². The summed E-state index contributed by atoms with van der Waals surface area (Å²) in [7, 11) is 0. The van der Waals surface area contributed by atoms with Crippen LogP contribution in [0.4, 0.5) is 0 Å². The number of hydrogen-bond acceptors (Lipinski definition) is 3. The monoisotopic (exact) mass is 415 g/mol. The van der Waals surface area contributed by atoms with Crippen LogP contribution >= 0.6 is 0 Å². The van der Waals surface area contributed by atoms with E-state index in [1.54, 1.807) is 4.90 Å². The molecule has 1 saturated heterocycles. The predicted octanol–water partition coefficient (Wildman–Crippen LogP) is 6.07. The molecule has 1 heterocycles. The van der Waals surface area contributed by atoms with Crippen molar-refractivity contribution in [2.75, 3.05) is 13.2 Å². The average molecular weight is 416 g/mol. The Morgan fingerprint density at radius 2 is 1.57 bits per heavy atom. The molecule has 1 aromatic carbocycles. The van der Waals surface area contributed by atoms with E-state index in [0.717, 1.165) is 37.7 Å². The number of aryl methyl sites for hydroxylation is 1. The van der Waals surface area contributed by atoms with Crippen molar-refractivity contribution in [1.82, 2.24) is 4.90 Å². The number of unbranched alkanes of at least 4 members (excludes halogenated alkanes) is 9. The minimum absolute atomic E-state index is 0.0669. The molecule has 0 aromatic heterocycles. The minimum atomic E-state index is -0.378. The van der Waals surface area contributed by atoms with E-state index in [4.69, 9.17) is 4.74 Å². The fraction of sp³-hybridized carbons (Fsp3) is 0.692. The number of carbonyl (C=O) groups is 2. The molecule has 1 aliphatic heterocycles. The number of rotatable bonds is 15. The number of hydrogen-bond donors (Lipinski definition) is 0. The molecule has 0 aliphatic carbocycles. The van der Waals surface area contributed by atoms with Gasteiger partial charge in [-0.2, -0.15) is 0 Å². The van der Waals surface area contributed by atoms with Crippen molar-refractivity contribution < 1.29 is 14.3 Å². The molecular formula is C26H41NO3. The highest BCUT2D eigenvalue weighted by atomic mass is 16.5. The summed E-state index contributed by atoms with van der Waals surface area (Å²) in [5.74, 6) is -0.145. The zero-order chi connectivity index (χ0) is 21.4. The van der Waals surface area contributed by atoms with Gasteiger partial charge in [0.2, 0.25) is 5.91 Å². The van der Waals surface area contributed by atoms with Crippen LogP contribution in [-0.4, -0.2) is 36.0 Å². The summed E-state index contributed by atoms with van der Waals surface area (Å²) in [5, 5.41) is 0. The lowest BCUT2D eigenvalue weighted by Gasteiger charge is -2.23. The molecule has 168 valence electrons. The van der Waals surface area contributed by atoms with E-state index in [1.807, 2.05) is 30.3 Å². The second-order valence-corrected chi connectivity index (χ2v) is 8.58. The molecule has 4 nitrogen and oxygen atoms in total. The summed E-state index contributed by atoms with van der Waals surface area (Å²) in [4.78, 5) is 26.8. The molecule has 1 aromatic rings. The number of amides is 1. The Bertz CT molecular complexity index is 602. The molecule has 1 amide bonds. The van der Waals surface area contributed by atoms with Crippen molar-refractivity contribution in [1.29, 1.82) is 0 Å². The van der Waals surface area contributed by atoms with Gasteiger partial charge in [0.25, 0.3) is 0 Å². The summed E-state index contributed by atoms with van der Waals surface area (Å²) < 4.78 is 5.51. The molecule has 1 fully saturated rings. The minimum Gasteiger partial charge on any atom is -0.464 e. The van der Waals surface area contributed by atoms with Crippen LogP contribution in [0, 0.1) is 0 Å². The summed E-state index contributed by atoms with van der Waals surface area (Å²) in [5.41, 5.74) is 1.16. The van der Waals surface area contributed by atoms with E-state index in [2.05, 4.69) is 6.92 Å². The molecule has 0 bridgehead atoms. The third-order valence-electron chi connectivity index (χ3n) is 6.06. The molecule has 1 atom stereocenters. The van der Waals surface area contributed by atoms with E-state index in [0.29, 0.717) is 19.6 Å². The number of carbonyl (C=O) groups excluding carboxylic acids is 2. The van der Waals surface area contributed by atoms with Gasteiger partial charge in [-0.25, -0.2) is 4.79 Å². The fourth-order valence-electron chi connectivity index (χ4n) is 4.21. The SMILES string of the molecule is CCCCCCCCCCCCOC(=O)C1CCCN1C(=O)CCc1ccccc1. The Morgan fingerprint density at radius 3 is 2.23 bits per heavy atom. The second-order valence-electron chi connectivity index (χ2n) is 8.58. The summed E-state index contributed by atoms with van der Waals surface area (Å²) in [6.45, 7) is 3.41. The van der Waals surface area contributed by atoms with Crippen LogP contribution in [-0.2, 0) is 20.7 Å². The topological polar surface area (TPSA) is 46.6 Å². The van der Waals surface area contributed by atoms with Crippen LogP contribution in [0.25, 0.3) is 0 Å². The van der Waals surface area contributed by atoms with Gasteiger partial charge in [-0.3, -0.25) is 4.79 Å². The van der Waals surface area contributed by atoms with Gasteiger partial charge >= 0.3 is 5.97 Å². The second kappa shape index (κ2) is 15.0. The Hall–Kier alpha value is -1.84. The molecule has 30 heavy (non-hydrogen) atoms. The first-order valence-electron chi connectivity index (χ1n) is 12.2. The van der Waals surface area contributed by atoms with Gasteiger partial charge in [-0.15, -0.1) is 0 Å². The van der Waals surface area contributed by atoms with Crippen LogP contribution in [0.1, 0.15) is 96.0 Å². The summed E-state index contributed by atoms with van der Waals surface area (Å²) in [6.07, 6.45) is 15.4. The first kappa shape index (κ1) is 24.4.